The van der Waals surface area contributed by atoms with Crippen LogP contribution in [0.15, 0.2) is 59.7 Å². The molecule has 6 nitrogen and oxygen atoms in total. The number of urea groups is 1. The highest BCUT2D eigenvalue weighted by molar-refractivity contribution is 6.07. The Kier molecular flexibility index (Phi) is 3.57. The van der Waals surface area contributed by atoms with Crippen LogP contribution in [-0.2, 0) is 10.3 Å². The fourth-order valence-electron chi connectivity index (χ4n) is 2.38. The second-order valence-corrected chi connectivity index (χ2v) is 5.37. The largest absolute Gasteiger partial charge is 0.508 e. The Labute approximate surface area is 133 Å². The van der Waals surface area contributed by atoms with E-state index < -0.39 is 17.5 Å². The van der Waals surface area contributed by atoms with E-state index in [1.54, 1.807) is 31.2 Å². The van der Waals surface area contributed by atoms with Crippen molar-refractivity contribution in [1.29, 1.82) is 0 Å². The van der Waals surface area contributed by atoms with Crippen LogP contribution in [0.5, 0.6) is 5.75 Å². The predicted molar refractivity (Wildman–Crippen MR) is 84.9 cm³/mol. The van der Waals surface area contributed by atoms with Crippen LogP contribution >= 0.6 is 0 Å². The molecule has 1 fully saturated rings. The van der Waals surface area contributed by atoms with E-state index in [4.69, 9.17) is 0 Å². The first-order valence-corrected chi connectivity index (χ1v) is 7.06. The van der Waals surface area contributed by atoms with E-state index in [2.05, 4.69) is 10.4 Å². The first-order chi connectivity index (χ1) is 11.0. The lowest BCUT2D eigenvalue weighted by atomic mass is 9.92. The normalized spacial score (nSPS) is 21.0. The van der Waals surface area contributed by atoms with Crippen LogP contribution in [0, 0.1) is 0 Å². The van der Waals surface area contributed by atoms with Crippen LogP contribution in [0.2, 0.25) is 0 Å². The molecule has 6 heteroatoms. The molecule has 1 aliphatic heterocycles. The van der Waals surface area contributed by atoms with Crippen molar-refractivity contribution in [1.82, 2.24) is 10.3 Å². The van der Waals surface area contributed by atoms with Crippen molar-refractivity contribution in [2.75, 3.05) is 0 Å². The first-order valence-electron chi connectivity index (χ1n) is 7.06. The highest BCUT2D eigenvalue weighted by Crippen LogP contribution is 2.28. The summed E-state index contributed by atoms with van der Waals surface area (Å²) in [7, 11) is 0. The molecule has 2 N–H and O–H groups in total. The highest BCUT2D eigenvalue weighted by atomic mass is 16.3. The number of carbonyl (C=O) groups is 2. The quantitative estimate of drug-likeness (QED) is 0.673. The van der Waals surface area contributed by atoms with E-state index in [1.165, 1.54) is 18.3 Å². The summed E-state index contributed by atoms with van der Waals surface area (Å²) in [6.45, 7) is 1.65. The molecule has 0 aliphatic carbocycles. The van der Waals surface area contributed by atoms with Crippen molar-refractivity contribution in [3.05, 3.63) is 65.7 Å². The first kappa shape index (κ1) is 14.8. The van der Waals surface area contributed by atoms with Gasteiger partial charge in [-0.2, -0.15) is 5.10 Å². The molecule has 0 saturated carbocycles. The number of phenols is 1. The summed E-state index contributed by atoms with van der Waals surface area (Å²) < 4.78 is 0. The summed E-state index contributed by atoms with van der Waals surface area (Å²) in [6.07, 6.45) is 1.40. The maximum absolute atomic E-state index is 12.6. The van der Waals surface area contributed by atoms with Crippen molar-refractivity contribution in [3.8, 4) is 5.75 Å². The average Bonchev–Trinajstić information content (AvgIpc) is 2.78. The molecular formula is C17H15N3O3. The molecule has 2 aromatic carbocycles. The van der Waals surface area contributed by atoms with E-state index in [1.807, 2.05) is 18.2 Å². The van der Waals surface area contributed by atoms with Crippen molar-refractivity contribution >= 4 is 18.2 Å². The molecule has 1 heterocycles. The predicted octanol–water partition coefficient (Wildman–Crippen LogP) is 2.19. The monoisotopic (exact) mass is 309 g/mol. The molecule has 0 radical (unpaired) electrons. The van der Waals surface area contributed by atoms with Gasteiger partial charge in [-0.3, -0.25) is 4.79 Å². The van der Waals surface area contributed by atoms with Gasteiger partial charge in [0.05, 0.1) is 6.21 Å². The number of hydrogen-bond donors (Lipinski definition) is 2. The molecule has 1 saturated heterocycles. The molecule has 3 rings (SSSR count). The number of imide groups is 1. The number of hydrogen-bond acceptors (Lipinski definition) is 4. The van der Waals surface area contributed by atoms with Crippen LogP contribution in [0.3, 0.4) is 0 Å². The fraction of sp³-hybridized carbons (Fsp3) is 0.118. The highest BCUT2D eigenvalue weighted by Gasteiger charge is 2.49. The number of rotatable bonds is 3. The lowest BCUT2D eigenvalue weighted by Crippen LogP contribution is -2.40. The standard InChI is InChI=1S/C17H15N3O3/c1-17(13-5-3-2-4-6-13)15(22)20(16(23)19-17)18-11-12-7-9-14(21)10-8-12/h2-11,21H,1H3,(H,19,23)/b18-11+/t17-/m1/s1. The molecule has 1 aliphatic rings. The Balaban J connectivity index is 1.86. The van der Waals surface area contributed by atoms with Gasteiger partial charge in [0.15, 0.2) is 0 Å². The summed E-state index contributed by atoms with van der Waals surface area (Å²) in [5.41, 5.74) is 0.224. The Hall–Kier alpha value is -3.15. The van der Waals surface area contributed by atoms with E-state index >= 15 is 0 Å². The Morgan fingerprint density at radius 3 is 2.39 bits per heavy atom. The minimum absolute atomic E-state index is 0.133. The van der Waals surface area contributed by atoms with Gasteiger partial charge in [-0.05, 0) is 42.3 Å². The smallest absolute Gasteiger partial charge is 0.346 e. The second-order valence-electron chi connectivity index (χ2n) is 5.37. The third kappa shape index (κ3) is 2.66. The lowest BCUT2D eigenvalue weighted by Gasteiger charge is -2.20. The topological polar surface area (TPSA) is 82.0 Å². The van der Waals surface area contributed by atoms with E-state index in [0.717, 1.165) is 5.01 Å². The number of nitrogens with zero attached hydrogens (tertiary/aromatic N) is 2. The zero-order valence-electron chi connectivity index (χ0n) is 12.4. The van der Waals surface area contributed by atoms with Crippen LogP contribution in [-0.4, -0.2) is 28.3 Å². The van der Waals surface area contributed by atoms with Crippen molar-refractivity contribution in [2.24, 2.45) is 5.10 Å². The number of hydrazone groups is 1. The van der Waals surface area contributed by atoms with E-state index in [0.29, 0.717) is 11.1 Å². The maximum atomic E-state index is 12.6. The van der Waals surface area contributed by atoms with Gasteiger partial charge >= 0.3 is 6.03 Å². The van der Waals surface area contributed by atoms with Gasteiger partial charge < -0.3 is 10.4 Å². The Bertz CT molecular complexity index is 771. The lowest BCUT2D eigenvalue weighted by molar-refractivity contribution is -0.131. The van der Waals surface area contributed by atoms with Gasteiger partial charge in [-0.25, -0.2) is 4.79 Å². The summed E-state index contributed by atoms with van der Waals surface area (Å²) in [5.74, 6) is -0.308. The number of benzene rings is 2. The molecule has 0 unspecified atom stereocenters. The van der Waals surface area contributed by atoms with Crippen molar-refractivity contribution in [3.63, 3.8) is 0 Å². The van der Waals surface area contributed by atoms with Gasteiger partial charge in [0.1, 0.15) is 11.3 Å². The maximum Gasteiger partial charge on any atom is 0.346 e. The zero-order valence-corrected chi connectivity index (χ0v) is 12.4. The minimum atomic E-state index is -1.13. The summed E-state index contributed by atoms with van der Waals surface area (Å²) >= 11 is 0. The van der Waals surface area contributed by atoms with Gasteiger partial charge in [0, 0.05) is 0 Å². The number of phenolic OH excluding ortho intramolecular Hbond substituents is 1. The van der Waals surface area contributed by atoms with Crippen LogP contribution < -0.4 is 5.32 Å². The average molecular weight is 309 g/mol. The number of aromatic hydroxyl groups is 1. The molecule has 2 aromatic rings. The van der Waals surface area contributed by atoms with Crippen LogP contribution in [0.1, 0.15) is 18.1 Å². The number of carbonyl (C=O) groups excluding carboxylic acids is 2. The molecule has 23 heavy (non-hydrogen) atoms. The summed E-state index contributed by atoms with van der Waals surface area (Å²) in [5, 5.41) is 16.7. The summed E-state index contributed by atoms with van der Waals surface area (Å²) in [4.78, 5) is 24.7. The third-order valence-corrected chi connectivity index (χ3v) is 3.74. The van der Waals surface area contributed by atoms with Crippen molar-refractivity contribution < 1.29 is 14.7 Å². The molecule has 116 valence electrons. The van der Waals surface area contributed by atoms with Crippen LogP contribution in [0.4, 0.5) is 4.79 Å². The number of nitrogens with one attached hydrogen (secondary N) is 1. The third-order valence-electron chi connectivity index (χ3n) is 3.74. The SMILES string of the molecule is C[C@]1(c2ccccc2)NC(=O)N(/N=C/c2ccc(O)cc2)C1=O. The molecule has 0 bridgehead atoms. The van der Waals surface area contributed by atoms with Gasteiger partial charge in [-0.1, -0.05) is 30.3 Å². The van der Waals surface area contributed by atoms with Crippen LogP contribution in [0.25, 0.3) is 0 Å². The molecule has 3 amide bonds. The Morgan fingerprint density at radius 1 is 1.09 bits per heavy atom. The van der Waals surface area contributed by atoms with Gasteiger partial charge in [0.25, 0.3) is 5.91 Å². The zero-order chi connectivity index (χ0) is 16.4. The van der Waals surface area contributed by atoms with Gasteiger partial charge in [-0.15, -0.1) is 5.01 Å². The van der Waals surface area contributed by atoms with E-state index in [-0.39, 0.29) is 5.75 Å². The molecule has 0 aromatic heterocycles. The molecular weight excluding hydrogens is 294 g/mol. The Morgan fingerprint density at radius 2 is 1.74 bits per heavy atom. The van der Waals surface area contributed by atoms with Gasteiger partial charge in [0.2, 0.25) is 0 Å². The minimum Gasteiger partial charge on any atom is -0.508 e. The molecule has 0 spiro atoms. The number of amides is 3. The van der Waals surface area contributed by atoms with Crippen molar-refractivity contribution in [2.45, 2.75) is 12.5 Å². The fourth-order valence-corrected chi connectivity index (χ4v) is 2.38. The summed E-state index contributed by atoms with van der Waals surface area (Å²) in [6, 6.07) is 14.7. The van der Waals surface area contributed by atoms with E-state index in [9.17, 15) is 14.7 Å². The second kappa shape index (κ2) is 5.57. The molecule has 1 atom stereocenters.